The molecule has 0 fully saturated rings. The van der Waals surface area contributed by atoms with Gasteiger partial charge in [0.15, 0.2) is 0 Å². The van der Waals surface area contributed by atoms with Crippen LogP contribution in [0.1, 0.15) is 47.1 Å². The maximum atomic E-state index is 12.6. The maximum absolute atomic E-state index is 12.6. The van der Waals surface area contributed by atoms with Gasteiger partial charge in [0.2, 0.25) is 0 Å². The van der Waals surface area contributed by atoms with Gasteiger partial charge in [0.25, 0.3) is 11.8 Å². The molecule has 0 bridgehead atoms. The normalized spacial score (nSPS) is 11.2. The van der Waals surface area contributed by atoms with E-state index in [9.17, 15) is 9.59 Å². The van der Waals surface area contributed by atoms with Crippen LogP contribution in [0, 0.1) is 0 Å². The van der Waals surface area contributed by atoms with Gasteiger partial charge in [-0.1, -0.05) is 63.2 Å². The monoisotopic (exact) mass is 378 g/mol. The second kappa shape index (κ2) is 7.37. The number of hydrogen-bond donors (Lipinski definition) is 2. The first-order chi connectivity index (χ1) is 12.8. The second-order valence-electron chi connectivity index (χ2n) is 7.37. The summed E-state index contributed by atoms with van der Waals surface area (Å²) < 4.78 is 0. The molecule has 0 unspecified atom stereocenters. The number of thiophene rings is 1. The van der Waals surface area contributed by atoms with Crippen LogP contribution >= 0.6 is 11.3 Å². The standard InChI is InChI=1S/C22H22N2O2S/c1-22(2,3)16-11-9-15(10-12-16)20(26)24-21-17(19(23)25)13-18(27-21)14-7-5-4-6-8-14/h4-13H,1-3H3,(H2,23,25)(H,24,26). The van der Waals surface area contributed by atoms with Gasteiger partial charge in [0, 0.05) is 10.4 Å². The van der Waals surface area contributed by atoms with Crippen molar-refractivity contribution in [2.75, 3.05) is 5.32 Å². The fourth-order valence-electron chi connectivity index (χ4n) is 2.71. The first-order valence-corrected chi connectivity index (χ1v) is 9.48. The van der Waals surface area contributed by atoms with Gasteiger partial charge >= 0.3 is 0 Å². The number of rotatable bonds is 4. The second-order valence-corrected chi connectivity index (χ2v) is 8.42. The highest BCUT2D eigenvalue weighted by molar-refractivity contribution is 7.20. The van der Waals surface area contributed by atoms with Crippen LogP contribution in [0.5, 0.6) is 0 Å². The van der Waals surface area contributed by atoms with Gasteiger partial charge in [-0.05, 0) is 34.7 Å². The largest absolute Gasteiger partial charge is 0.366 e. The zero-order chi connectivity index (χ0) is 19.6. The molecule has 0 aliphatic rings. The van der Waals surface area contributed by atoms with Gasteiger partial charge in [-0.25, -0.2) is 0 Å². The van der Waals surface area contributed by atoms with Gasteiger partial charge in [-0.15, -0.1) is 11.3 Å². The number of benzene rings is 2. The minimum Gasteiger partial charge on any atom is -0.366 e. The molecule has 1 heterocycles. The van der Waals surface area contributed by atoms with Crippen LogP contribution in [0.15, 0.2) is 60.7 Å². The molecule has 0 aliphatic carbocycles. The summed E-state index contributed by atoms with van der Waals surface area (Å²) >= 11 is 1.34. The zero-order valence-corrected chi connectivity index (χ0v) is 16.4. The smallest absolute Gasteiger partial charge is 0.256 e. The van der Waals surface area contributed by atoms with Crippen molar-refractivity contribution >= 4 is 28.2 Å². The molecule has 0 saturated carbocycles. The first-order valence-electron chi connectivity index (χ1n) is 8.66. The number of carbonyl (C=O) groups is 2. The Labute approximate surface area is 163 Å². The van der Waals surface area contributed by atoms with Crippen LogP contribution in [0.2, 0.25) is 0 Å². The summed E-state index contributed by atoms with van der Waals surface area (Å²) in [5.41, 5.74) is 8.50. The Morgan fingerprint density at radius 2 is 1.59 bits per heavy atom. The highest BCUT2D eigenvalue weighted by Gasteiger charge is 2.18. The summed E-state index contributed by atoms with van der Waals surface area (Å²) in [5.74, 6) is -0.828. The lowest BCUT2D eigenvalue weighted by Crippen LogP contribution is -2.17. The van der Waals surface area contributed by atoms with Crippen molar-refractivity contribution in [3.8, 4) is 10.4 Å². The van der Waals surface area contributed by atoms with E-state index in [1.165, 1.54) is 11.3 Å². The molecule has 1 aromatic heterocycles. The quantitative estimate of drug-likeness (QED) is 0.666. The van der Waals surface area contributed by atoms with Crippen LogP contribution < -0.4 is 11.1 Å². The van der Waals surface area contributed by atoms with Crippen LogP contribution in [0.4, 0.5) is 5.00 Å². The molecule has 0 radical (unpaired) electrons. The molecule has 0 saturated heterocycles. The number of hydrogen-bond acceptors (Lipinski definition) is 3. The summed E-state index contributed by atoms with van der Waals surface area (Å²) in [6.45, 7) is 6.37. The number of nitrogens with two attached hydrogens (primary N) is 1. The third-order valence-electron chi connectivity index (χ3n) is 4.30. The van der Waals surface area contributed by atoms with Crippen molar-refractivity contribution in [1.82, 2.24) is 0 Å². The predicted octanol–water partition coefficient (Wildman–Crippen LogP) is 5.06. The topological polar surface area (TPSA) is 72.2 Å². The lowest BCUT2D eigenvalue weighted by molar-refractivity contribution is 0.100. The highest BCUT2D eigenvalue weighted by Crippen LogP contribution is 2.35. The molecule has 0 aliphatic heterocycles. The number of primary amides is 1. The van der Waals surface area contributed by atoms with Gasteiger partial charge in [0.1, 0.15) is 5.00 Å². The molecule has 2 amide bonds. The van der Waals surface area contributed by atoms with E-state index < -0.39 is 5.91 Å². The van der Waals surface area contributed by atoms with E-state index in [1.54, 1.807) is 18.2 Å². The Bertz CT molecular complexity index is 968. The summed E-state index contributed by atoms with van der Waals surface area (Å²) in [5, 5.41) is 3.30. The van der Waals surface area contributed by atoms with Crippen LogP contribution in [-0.2, 0) is 5.41 Å². The summed E-state index contributed by atoms with van der Waals surface area (Å²) in [7, 11) is 0. The molecular weight excluding hydrogens is 356 g/mol. The van der Waals surface area contributed by atoms with E-state index in [1.807, 2.05) is 42.5 Å². The summed E-state index contributed by atoms with van der Waals surface area (Å²) in [6.07, 6.45) is 0. The predicted molar refractivity (Wildman–Crippen MR) is 111 cm³/mol. The number of carbonyl (C=O) groups excluding carboxylic acids is 2. The average Bonchev–Trinajstić information content (AvgIpc) is 3.06. The van der Waals surface area contributed by atoms with E-state index in [4.69, 9.17) is 5.73 Å². The Balaban J connectivity index is 1.87. The number of anilines is 1. The van der Waals surface area contributed by atoms with E-state index in [2.05, 4.69) is 26.1 Å². The molecule has 3 rings (SSSR count). The van der Waals surface area contributed by atoms with Gasteiger partial charge in [-0.3, -0.25) is 9.59 Å². The van der Waals surface area contributed by atoms with E-state index >= 15 is 0 Å². The molecule has 138 valence electrons. The van der Waals surface area contributed by atoms with Crippen molar-refractivity contribution in [2.45, 2.75) is 26.2 Å². The third-order valence-corrected chi connectivity index (χ3v) is 5.40. The van der Waals surface area contributed by atoms with Crippen molar-refractivity contribution < 1.29 is 9.59 Å². The van der Waals surface area contributed by atoms with Gasteiger partial charge in [-0.2, -0.15) is 0 Å². The lowest BCUT2D eigenvalue weighted by atomic mass is 9.87. The summed E-state index contributed by atoms with van der Waals surface area (Å²) in [4.78, 5) is 25.3. The van der Waals surface area contributed by atoms with Crippen molar-refractivity contribution in [3.63, 3.8) is 0 Å². The number of amides is 2. The van der Waals surface area contributed by atoms with Gasteiger partial charge in [0.05, 0.1) is 5.56 Å². The average molecular weight is 378 g/mol. The fraction of sp³-hybridized carbons (Fsp3) is 0.182. The molecule has 3 N–H and O–H groups in total. The molecule has 4 nitrogen and oxygen atoms in total. The Morgan fingerprint density at radius 3 is 2.15 bits per heavy atom. The molecule has 0 atom stereocenters. The molecular formula is C22H22N2O2S. The molecule has 2 aromatic carbocycles. The zero-order valence-electron chi connectivity index (χ0n) is 15.6. The third kappa shape index (κ3) is 4.26. The van der Waals surface area contributed by atoms with Crippen LogP contribution in [0.3, 0.4) is 0 Å². The lowest BCUT2D eigenvalue weighted by Gasteiger charge is -2.19. The van der Waals surface area contributed by atoms with Crippen LogP contribution in [-0.4, -0.2) is 11.8 Å². The van der Waals surface area contributed by atoms with Crippen molar-refractivity contribution in [2.24, 2.45) is 5.73 Å². The molecule has 5 heteroatoms. The highest BCUT2D eigenvalue weighted by atomic mass is 32.1. The Morgan fingerprint density at radius 1 is 0.963 bits per heavy atom. The fourth-order valence-corrected chi connectivity index (χ4v) is 3.77. The van der Waals surface area contributed by atoms with Crippen molar-refractivity contribution in [3.05, 3.63) is 77.4 Å². The minimum atomic E-state index is -0.563. The van der Waals surface area contributed by atoms with E-state index in [0.717, 1.165) is 16.0 Å². The van der Waals surface area contributed by atoms with E-state index in [-0.39, 0.29) is 11.3 Å². The van der Waals surface area contributed by atoms with Crippen molar-refractivity contribution in [1.29, 1.82) is 0 Å². The molecule has 0 spiro atoms. The maximum Gasteiger partial charge on any atom is 0.256 e. The Hall–Kier alpha value is -2.92. The number of nitrogens with one attached hydrogen (secondary N) is 1. The molecule has 3 aromatic rings. The molecule has 27 heavy (non-hydrogen) atoms. The van der Waals surface area contributed by atoms with Gasteiger partial charge < -0.3 is 11.1 Å². The SMILES string of the molecule is CC(C)(C)c1ccc(C(=O)Nc2sc(-c3ccccc3)cc2C(N)=O)cc1. The van der Waals surface area contributed by atoms with E-state index in [0.29, 0.717) is 16.1 Å². The van der Waals surface area contributed by atoms with Crippen LogP contribution in [0.25, 0.3) is 10.4 Å². The Kier molecular flexibility index (Phi) is 5.15. The minimum absolute atomic E-state index is 0.0203. The first kappa shape index (κ1) is 18.9. The summed E-state index contributed by atoms with van der Waals surface area (Å²) in [6, 6.07) is 18.9.